The molecule has 0 aromatic carbocycles. The number of nitrogens with zero attached hydrogens (tertiary/aromatic N) is 4. The minimum Gasteiger partial charge on any atom is -0.396 e. The Labute approximate surface area is 128 Å². The largest absolute Gasteiger partial charge is 0.396 e. The summed E-state index contributed by atoms with van der Waals surface area (Å²) in [6.07, 6.45) is 8.85. The van der Waals surface area contributed by atoms with Gasteiger partial charge in [-0.2, -0.15) is 5.10 Å². The second-order valence-corrected chi connectivity index (χ2v) is 6.41. The number of carbonyl (C=O) groups excluding carboxylic acids is 1. The number of likely N-dealkylation sites (tertiary alicyclic amines) is 1. The zero-order valence-corrected chi connectivity index (χ0v) is 12.5. The van der Waals surface area contributed by atoms with Crippen LogP contribution in [0.3, 0.4) is 0 Å². The molecule has 2 aromatic heterocycles. The standard InChI is InChI=1S/C16H20N4O2/c21-5-4-12-8-17-15-7-14(18-20(15)10-12)16(22)19-9-11-2-1-3-13(19)6-11/h7-8,10-11,13,21H,1-6,9H2/t11-,13+/m1/s1. The van der Waals surface area contributed by atoms with Crippen LogP contribution in [-0.2, 0) is 6.42 Å². The van der Waals surface area contributed by atoms with Crippen molar-refractivity contribution in [2.45, 2.75) is 38.1 Å². The van der Waals surface area contributed by atoms with Crippen LogP contribution in [0.15, 0.2) is 18.5 Å². The number of aromatic nitrogens is 3. The van der Waals surface area contributed by atoms with Gasteiger partial charge in [-0.25, -0.2) is 9.50 Å². The summed E-state index contributed by atoms with van der Waals surface area (Å²) in [4.78, 5) is 19.1. The Morgan fingerprint density at radius 2 is 2.32 bits per heavy atom. The first-order valence-corrected chi connectivity index (χ1v) is 8.01. The Hall–Kier alpha value is -1.95. The number of rotatable bonds is 3. The average molecular weight is 300 g/mol. The predicted octanol–water partition coefficient (Wildman–Crippen LogP) is 1.28. The van der Waals surface area contributed by atoms with Crippen LogP contribution in [0.5, 0.6) is 0 Å². The Kier molecular flexibility index (Phi) is 3.33. The third kappa shape index (κ3) is 2.27. The van der Waals surface area contributed by atoms with Gasteiger partial charge in [0.2, 0.25) is 0 Å². The van der Waals surface area contributed by atoms with Gasteiger partial charge >= 0.3 is 0 Å². The van der Waals surface area contributed by atoms with Crippen molar-refractivity contribution in [3.05, 3.63) is 29.7 Å². The van der Waals surface area contributed by atoms with E-state index in [0.717, 1.165) is 24.9 Å². The molecule has 22 heavy (non-hydrogen) atoms. The number of fused-ring (bicyclic) bond motifs is 3. The van der Waals surface area contributed by atoms with Crippen LogP contribution >= 0.6 is 0 Å². The molecule has 1 aliphatic carbocycles. The molecule has 0 spiro atoms. The van der Waals surface area contributed by atoms with Crippen LogP contribution in [0.4, 0.5) is 0 Å². The van der Waals surface area contributed by atoms with E-state index in [0.29, 0.717) is 29.7 Å². The summed E-state index contributed by atoms with van der Waals surface area (Å²) in [5, 5.41) is 13.4. The maximum absolute atomic E-state index is 12.8. The van der Waals surface area contributed by atoms with Crippen molar-refractivity contribution in [3.63, 3.8) is 0 Å². The van der Waals surface area contributed by atoms with Gasteiger partial charge in [0.25, 0.3) is 5.91 Å². The van der Waals surface area contributed by atoms with E-state index < -0.39 is 0 Å². The Balaban J connectivity index is 1.61. The first-order valence-electron chi connectivity index (χ1n) is 8.01. The van der Waals surface area contributed by atoms with Gasteiger partial charge in [-0.15, -0.1) is 0 Å². The van der Waals surface area contributed by atoms with Crippen molar-refractivity contribution in [2.24, 2.45) is 5.92 Å². The lowest BCUT2D eigenvalue weighted by molar-refractivity contribution is 0.0727. The Morgan fingerprint density at radius 1 is 1.41 bits per heavy atom. The smallest absolute Gasteiger partial charge is 0.274 e. The first kappa shape index (κ1) is 13.7. The highest BCUT2D eigenvalue weighted by atomic mass is 16.3. The highest BCUT2D eigenvalue weighted by molar-refractivity contribution is 5.93. The average Bonchev–Trinajstić information content (AvgIpc) is 3.07. The molecule has 0 unspecified atom stereocenters. The number of hydrogen-bond donors (Lipinski definition) is 1. The summed E-state index contributed by atoms with van der Waals surface area (Å²) in [6.45, 7) is 0.956. The molecule has 2 aliphatic rings. The molecule has 2 atom stereocenters. The fraction of sp³-hybridized carbons (Fsp3) is 0.562. The molecule has 4 rings (SSSR count). The number of aliphatic hydroxyl groups excluding tert-OH is 1. The lowest BCUT2D eigenvalue weighted by atomic mass is 9.90. The highest BCUT2D eigenvalue weighted by Gasteiger charge is 2.38. The molecule has 1 N–H and O–H groups in total. The Morgan fingerprint density at radius 3 is 3.14 bits per heavy atom. The highest BCUT2D eigenvalue weighted by Crippen LogP contribution is 2.36. The lowest BCUT2D eigenvalue weighted by Crippen LogP contribution is -2.35. The van der Waals surface area contributed by atoms with Crippen LogP contribution in [0.25, 0.3) is 5.65 Å². The molecule has 1 amide bonds. The van der Waals surface area contributed by atoms with Gasteiger partial charge in [-0.1, -0.05) is 6.42 Å². The third-order valence-electron chi connectivity index (χ3n) is 4.90. The van der Waals surface area contributed by atoms with Gasteiger partial charge in [0.15, 0.2) is 11.3 Å². The zero-order valence-electron chi connectivity index (χ0n) is 12.5. The number of amides is 1. The first-order chi connectivity index (χ1) is 10.7. The van der Waals surface area contributed by atoms with Crippen molar-refractivity contribution < 1.29 is 9.90 Å². The van der Waals surface area contributed by atoms with Crippen molar-refractivity contribution in [3.8, 4) is 0 Å². The van der Waals surface area contributed by atoms with Crippen molar-refractivity contribution in [1.29, 1.82) is 0 Å². The van der Waals surface area contributed by atoms with Crippen LogP contribution in [0, 0.1) is 5.92 Å². The van der Waals surface area contributed by atoms with Crippen molar-refractivity contribution in [2.75, 3.05) is 13.2 Å². The van der Waals surface area contributed by atoms with Crippen LogP contribution in [-0.4, -0.2) is 49.7 Å². The molecule has 116 valence electrons. The van der Waals surface area contributed by atoms with E-state index in [4.69, 9.17) is 5.11 Å². The molecule has 0 radical (unpaired) electrons. The van der Waals surface area contributed by atoms with E-state index >= 15 is 0 Å². The van der Waals surface area contributed by atoms with Crippen LogP contribution in [0.2, 0.25) is 0 Å². The molecule has 1 aliphatic heterocycles. The summed E-state index contributed by atoms with van der Waals surface area (Å²) < 4.78 is 1.64. The van der Waals surface area contributed by atoms with E-state index in [9.17, 15) is 4.79 Å². The molecule has 1 saturated carbocycles. The summed E-state index contributed by atoms with van der Waals surface area (Å²) >= 11 is 0. The molecular formula is C16H20N4O2. The molecule has 6 nitrogen and oxygen atoms in total. The van der Waals surface area contributed by atoms with Crippen LogP contribution < -0.4 is 0 Å². The molecule has 2 aromatic rings. The van der Waals surface area contributed by atoms with E-state index in [2.05, 4.69) is 10.1 Å². The van der Waals surface area contributed by atoms with Crippen LogP contribution in [0.1, 0.15) is 41.7 Å². The minimum absolute atomic E-state index is 0.0311. The zero-order chi connectivity index (χ0) is 15.1. The SMILES string of the molecule is O=C(c1cc2ncc(CCO)cn2n1)N1C[C@@H]2CCC[C@H]1C2. The van der Waals surface area contributed by atoms with Gasteiger partial charge in [-0.3, -0.25) is 4.79 Å². The minimum atomic E-state index is 0.0311. The topological polar surface area (TPSA) is 70.7 Å². The molecule has 3 heterocycles. The van der Waals surface area contributed by atoms with Crippen molar-refractivity contribution >= 4 is 11.6 Å². The molecule has 2 bridgehead atoms. The molecular weight excluding hydrogens is 280 g/mol. The fourth-order valence-corrected chi connectivity index (χ4v) is 3.81. The summed E-state index contributed by atoms with van der Waals surface area (Å²) in [6, 6.07) is 2.15. The predicted molar refractivity (Wildman–Crippen MR) is 80.6 cm³/mol. The Bertz CT molecular complexity index is 711. The summed E-state index contributed by atoms with van der Waals surface area (Å²) in [5.41, 5.74) is 2.06. The quantitative estimate of drug-likeness (QED) is 0.927. The van der Waals surface area contributed by atoms with E-state index in [-0.39, 0.29) is 12.5 Å². The maximum atomic E-state index is 12.8. The normalized spacial score (nSPS) is 24.1. The fourth-order valence-electron chi connectivity index (χ4n) is 3.81. The second kappa shape index (κ2) is 5.35. The second-order valence-electron chi connectivity index (χ2n) is 6.41. The van der Waals surface area contributed by atoms with Gasteiger partial charge in [0.05, 0.1) is 0 Å². The molecule has 2 fully saturated rings. The monoisotopic (exact) mass is 300 g/mol. The molecule has 1 saturated heterocycles. The van der Waals surface area contributed by atoms with Gasteiger partial charge < -0.3 is 10.0 Å². The lowest BCUT2D eigenvalue weighted by Gasteiger charge is -2.23. The van der Waals surface area contributed by atoms with Gasteiger partial charge in [-0.05, 0) is 37.2 Å². The van der Waals surface area contributed by atoms with Gasteiger partial charge in [0, 0.05) is 37.7 Å². The van der Waals surface area contributed by atoms with E-state index in [1.807, 2.05) is 11.1 Å². The number of hydrogen-bond acceptors (Lipinski definition) is 4. The third-order valence-corrected chi connectivity index (χ3v) is 4.90. The van der Waals surface area contributed by atoms with E-state index in [1.54, 1.807) is 16.8 Å². The summed E-state index contributed by atoms with van der Waals surface area (Å²) in [5.74, 6) is 0.706. The van der Waals surface area contributed by atoms with Crippen molar-refractivity contribution in [1.82, 2.24) is 19.5 Å². The maximum Gasteiger partial charge on any atom is 0.274 e. The number of carbonyl (C=O) groups is 1. The summed E-state index contributed by atoms with van der Waals surface area (Å²) in [7, 11) is 0. The van der Waals surface area contributed by atoms with E-state index in [1.165, 1.54) is 12.8 Å². The number of aliphatic hydroxyl groups is 1. The van der Waals surface area contributed by atoms with Gasteiger partial charge in [0.1, 0.15) is 0 Å². The molecule has 6 heteroatoms.